The average Bonchev–Trinajstić information content (AvgIpc) is 2.37. The smallest absolute Gasteiger partial charge is 0.281 e. The highest BCUT2D eigenvalue weighted by molar-refractivity contribution is 7.88. The Labute approximate surface area is 63.5 Å². The number of hydrogen-bond donors (Lipinski definition) is 2. The molecular weight excluding hydrogens is 170 g/mol. The van der Waals surface area contributed by atoms with Crippen molar-refractivity contribution < 1.29 is 13.6 Å². The molecule has 62 valence electrons. The Morgan fingerprint density at radius 1 is 1.73 bits per heavy atom. The van der Waals surface area contributed by atoms with Gasteiger partial charge >= 0.3 is 0 Å². The first kappa shape index (κ1) is 8.18. The lowest BCUT2D eigenvalue weighted by molar-refractivity contribution is 0.0307. The number of nitrogens with zero attached hydrogens (tertiary/aromatic N) is 2. The highest BCUT2D eigenvalue weighted by Gasteiger charge is 2.19. The van der Waals surface area contributed by atoms with Crippen LogP contribution in [0.4, 0.5) is 0 Å². The minimum Gasteiger partial charge on any atom is -0.299 e. The molecule has 0 aromatic carbocycles. The number of aromatic amines is 1. The molecule has 0 spiro atoms. The normalized spacial score (nSPS) is 12.3. The molecule has 0 aliphatic heterocycles. The van der Waals surface area contributed by atoms with Crippen molar-refractivity contribution >= 4 is 10.0 Å². The zero-order chi connectivity index (χ0) is 8.48. The van der Waals surface area contributed by atoms with Crippen LogP contribution in [0, 0.1) is 0 Å². The van der Waals surface area contributed by atoms with Crippen LogP contribution in [0.5, 0.6) is 0 Å². The van der Waals surface area contributed by atoms with Gasteiger partial charge in [-0.3, -0.25) is 10.3 Å². The van der Waals surface area contributed by atoms with Gasteiger partial charge in [-0.1, -0.05) is 4.47 Å². The van der Waals surface area contributed by atoms with Gasteiger partial charge < -0.3 is 0 Å². The molecule has 0 aliphatic rings. The molecule has 1 heterocycles. The summed E-state index contributed by atoms with van der Waals surface area (Å²) >= 11 is 0. The van der Waals surface area contributed by atoms with Crippen LogP contribution in [0.2, 0.25) is 0 Å². The minimum absolute atomic E-state index is 0.126. The van der Waals surface area contributed by atoms with E-state index >= 15 is 0 Å². The second-order valence-corrected chi connectivity index (χ2v) is 3.78. The summed E-state index contributed by atoms with van der Waals surface area (Å²) in [6.45, 7) is 0. The zero-order valence-corrected chi connectivity index (χ0v) is 6.54. The molecule has 2 N–H and O–H groups in total. The summed E-state index contributed by atoms with van der Waals surface area (Å²) < 4.78 is 22.1. The number of sulfonamides is 1. The van der Waals surface area contributed by atoms with Crippen molar-refractivity contribution in [1.82, 2.24) is 14.7 Å². The molecule has 0 aliphatic carbocycles. The second kappa shape index (κ2) is 2.61. The average molecular weight is 177 g/mol. The number of rotatable bonds is 2. The lowest BCUT2D eigenvalue weighted by atomic mass is 10.8. The zero-order valence-electron chi connectivity index (χ0n) is 5.72. The van der Waals surface area contributed by atoms with Crippen molar-refractivity contribution in [3.63, 3.8) is 0 Å². The largest absolute Gasteiger partial charge is 0.299 e. The van der Waals surface area contributed by atoms with E-state index in [2.05, 4.69) is 10.2 Å². The van der Waals surface area contributed by atoms with E-state index in [9.17, 15) is 8.42 Å². The third-order valence-electron chi connectivity index (χ3n) is 1.10. The van der Waals surface area contributed by atoms with Gasteiger partial charge in [0, 0.05) is 7.05 Å². The van der Waals surface area contributed by atoms with Gasteiger partial charge in [-0.05, 0) is 6.07 Å². The molecule has 0 amide bonds. The highest BCUT2D eigenvalue weighted by Crippen LogP contribution is 2.06. The fourth-order valence-electron chi connectivity index (χ4n) is 0.529. The SMILES string of the molecule is CN(O)S(=O)(=O)c1ccn[nH]1. The molecule has 0 saturated heterocycles. The Balaban J connectivity index is 3.12. The van der Waals surface area contributed by atoms with E-state index in [1.54, 1.807) is 0 Å². The van der Waals surface area contributed by atoms with Gasteiger partial charge in [0.25, 0.3) is 10.0 Å². The van der Waals surface area contributed by atoms with Crippen molar-refractivity contribution in [3.05, 3.63) is 12.3 Å². The van der Waals surface area contributed by atoms with Crippen LogP contribution in [0.15, 0.2) is 17.3 Å². The quantitative estimate of drug-likeness (QED) is 0.592. The Morgan fingerprint density at radius 3 is 2.73 bits per heavy atom. The van der Waals surface area contributed by atoms with Gasteiger partial charge in [-0.15, -0.1) is 0 Å². The van der Waals surface area contributed by atoms with Crippen molar-refractivity contribution in [2.75, 3.05) is 7.05 Å². The van der Waals surface area contributed by atoms with Gasteiger partial charge in [0.2, 0.25) is 0 Å². The number of nitrogens with one attached hydrogen (secondary N) is 1. The number of H-pyrrole nitrogens is 1. The molecule has 1 rings (SSSR count). The maximum absolute atomic E-state index is 11.0. The maximum atomic E-state index is 11.0. The summed E-state index contributed by atoms with van der Waals surface area (Å²) in [6.07, 6.45) is 1.29. The van der Waals surface area contributed by atoms with Crippen molar-refractivity contribution in [1.29, 1.82) is 0 Å². The van der Waals surface area contributed by atoms with E-state index in [4.69, 9.17) is 5.21 Å². The number of aromatic nitrogens is 2. The Hall–Kier alpha value is -0.920. The minimum atomic E-state index is -3.76. The number of hydrogen-bond acceptors (Lipinski definition) is 4. The molecule has 1 aromatic rings. The molecule has 1 aromatic heterocycles. The lowest BCUT2D eigenvalue weighted by Crippen LogP contribution is -2.23. The first-order valence-electron chi connectivity index (χ1n) is 2.72. The van der Waals surface area contributed by atoms with Gasteiger partial charge in [0.15, 0.2) is 5.03 Å². The molecule has 0 unspecified atom stereocenters. The van der Waals surface area contributed by atoms with Crippen molar-refractivity contribution in [3.8, 4) is 0 Å². The predicted molar refractivity (Wildman–Crippen MR) is 35.3 cm³/mol. The fraction of sp³-hybridized carbons (Fsp3) is 0.250. The van der Waals surface area contributed by atoms with Crippen molar-refractivity contribution in [2.24, 2.45) is 0 Å². The fourth-order valence-corrected chi connectivity index (χ4v) is 1.21. The molecule has 0 atom stereocenters. The molecule has 0 bridgehead atoms. The highest BCUT2D eigenvalue weighted by atomic mass is 32.2. The van der Waals surface area contributed by atoms with E-state index in [-0.39, 0.29) is 9.49 Å². The molecular formula is C4H7N3O3S. The Kier molecular flexibility index (Phi) is 1.94. The monoisotopic (exact) mass is 177 g/mol. The van der Waals surface area contributed by atoms with Crippen LogP contribution in [0.25, 0.3) is 0 Å². The van der Waals surface area contributed by atoms with E-state index in [0.29, 0.717) is 0 Å². The molecule has 0 fully saturated rings. The molecule has 6 nitrogen and oxygen atoms in total. The van der Waals surface area contributed by atoms with Crippen LogP contribution in [0.3, 0.4) is 0 Å². The maximum Gasteiger partial charge on any atom is 0.281 e. The van der Waals surface area contributed by atoms with E-state index in [1.165, 1.54) is 12.3 Å². The van der Waals surface area contributed by atoms with E-state index in [0.717, 1.165) is 7.05 Å². The Morgan fingerprint density at radius 2 is 2.36 bits per heavy atom. The van der Waals surface area contributed by atoms with Crippen LogP contribution < -0.4 is 0 Å². The third kappa shape index (κ3) is 1.39. The molecule has 0 saturated carbocycles. The van der Waals surface area contributed by atoms with Crippen LogP contribution in [0.1, 0.15) is 0 Å². The summed E-state index contributed by atoms with van der Waals surface area (Å²) in [5.74, 6) is 0. The summed E-state index contributed by atoms with van der Waals surface area (Å²) in [5.41, 5.74) is 0. The first-order chi connectivity index (χ1) is 5.05. The standard InChI is InChI=1S/C4H7N3O3S/c1-7(8)11(9,10)4-2-3-5-6-4/h2-3,8H,1H3,(H,5,6). The lowest BCUT2D eigenvalue weighted by Gasteiger charge is -2.05. The van der Waals surface area contributed by atoms with Crippen LogP contribution in [-0.2, 0) is 10.0 Å². The van der Waals surface area contributed by atoms with E-state index in [1.807, 2.05) is 0 Å². The van der Waals surface area contributed by atoms with Gasteiger partial charge in [-0.2, -0.15) is 5.10 Å². The summed E-state index contributed by atoms with van der Waals surface area (Å²) in [7, 11) is -2.74. The van der Waals surface area contributed by atoms with Crippen LogP contribution >= 0.6 is 0 Å². The Bertz CT molecular complexity index is 314. The topological polar surface area (TPSA) is 86.3 Å². The molecule has 11 heavy (non-hydrogen) atoms. The molecule has 0 radical (unpaired) electrons. The second-order valence-electron chi connectivity index (χ2n) is 1.86. The first-order valence-corrected chi connectivity index (χ1v) is 4.16. The summed E-state index contributed by atoms with van der Waals surface area (Å²) in [4.78, 5) is 0. The third-order valence-corrected chi connectivity index (χ3v) is 2.58. The van der Waals surface area contributed by atoms with Gasteiger partial charge in [-0.25, -0.2) is 8.42 Å². The van der Waals surface area contributed by atoms with Crippen molar-refractivity contribution in [2.45, 2.75) is 5.03 Å². The van der Waals surface area contributed by atoms with Crippen LogP contribution in [-0.4, -0.2) is 35.3 Å². The predicted octanol–water partition coefficient (Wildman–Crippen LogP) is -0.581. The summed E-state index contributed by atoms with van der Waals surface area (Å²) in [6, 6.07) is 1.25. The number of hydroxylamine groups is 1. The summed E-state index contributed by atoms with van der Waals surface area (Å²) in [5, 5.41) is 14.2. The van der Waals surface area contributed by atoms with Gasteiger partial charge in [0.05, 0.1) is 6.20 Å². The van der Waals surface area contributed by atoms with Gasteiger partial charge in [0.1, 0.15) is 0 Å². The van der Waals surface area contributed by atoms with E-state index < -0.39 is 10.0 Å². The molecule has 7 heteroatoms.